The number of aryl methyl sites for hydroxylation is 1. The Morgan fingerprint density at radius 2 is 1.03 bits per heavy atom. The number of carbonyl (C=O) groups is 4. The normalized spacial score (nSPS) is 18.0. The third-order valence-electron chi connectivity index (χ3n) is 25.1. The Kier molecular flexibility index (Phi) is 52.5. The molecule has 29 heteroatoms. The number of phosphoric ester groups is 1. The van der Waals surface area contributed by atoms with Gasteiger partial charge in [0.05, 0.1) is 45.8 Å². The standard InChI is InChI=1S/C100H159N10O18P/c1-7-10-13-16-19-22-25-28-31-34-37-40-43-46-49-55-67-120-83-71-81(72-84(121-68-56-50-47-44-41-38-35-32-29-26-23-20-17-14-11-8-2)91(83)122-69-57-51-48-45-42-39-36-33-30-27-24-21-18-15-12-9-3)98(116)108-65-63-107(64-66-108)87(112)60-61-89(113)126-82-73-88(109-74-79(4)96(114)106-100(109)117)125-86(82)76-124-129(118,123-70-62-101-5)128-92-85(75-111)127-99(93(92)119-6)110-78-104-90-94(102-77-103-95(90)110)105-97(115)80-58-53-52-54-59-80/h52-54,58-59,71-72,74,77-78,82,85-86,88,92-93,99,111H,7-51,55-57,60-70,73,75-76H2,1-4,6H3,(H,106,114,117)(H,102,103,105,115)/t82?,85-,86-,88-,92?,93+,99-,129?/m1/s1. The number of unbranched alkanes of at least 4 members (excludes halogenated alkanes) is 45. The van der Waals surface area contributed by atoms with Crippen LogP contribution in [0, 0.1) is 13.5 Å². The van der Waals surface area contributed by atoms with Crippen molar-refractivity contribution in [2.75, 3.05) is 84.8 Å². The molecule has 0 saturated carbocycles. The summed E-state index contributed by atoms with van der Waals surface area (Å²) in [6.07, 6.45) is 55.3. The van der Waals surface area contributed by atoms with Crippen LogP contribution < -0.4 is 30.8 Å². The highest BCUT2D eigenvalue weighted by Crippen LogP contribution is 2.54. The molecule has 0 radical (unpaired) electrons. The van der Waals surface area contributed by atoms with E-state index >= 15 is 4.57 Å². The molecule has 3 saturated heterocycles. The van der Waals surface area contributed by atoms with Crippen LogP contribution in [0.5, 0.6) is 17.2 Å². The van der Waals surface area contributed by atoms with E-state index in [2.05, 4.69) is 50.9 Å². The number of piperazine rings is 1. The molecule has 3 aliphatic heterocycles. The number of hydrogen-bond acceptors (Lipinski definition) is 21. The molecule has 3 unspecified atom stereocenters. The number of amides is 3. The number of aliphatic hydroxyl groups excluding tert-OH is 1. The van der Waals surface area contributed by atoms with Crippen molar-refractivity contribution < 1.29 is 75.6 Å². The molecule has 5 aromatic rings. The van der Waals surface area contributed by atoms with Gasteiger partial charge in [-0.1, -0.05) is 328 Å². The van der Waals surface area contributed by atoms with Crippen LogP contribution in [0.25, 0.3) is 16.0 Å². The van der Waals surface area contributed by atoms with Crippen molar-refractivity contribution >= 4 is 48.5 Å². The summed E-state index contributed by atoms with van der Waals surface area (Å²) in [4.78, 5) is 105. The van der Waals surface area contributed by atoms with E-state index in [0.29, 0.717) is 48.2 Å². The number of nitrogens with one attached hydrogen (secondary N) is 2. The minimum atomic E-state index is -4.90. The summed E-state index contributed by atoms with van der Waals surface area (Å²) < 4.78 is 80.5. The minimum Gasteiger partial charge on any atom is -0.490 e. The lowest BCUT2D eigenvalue weighted by Crippen LogP contribution is -2.50. The van der Waals surface area contributed by atoms with Crippen LogP contribution in [0.15, 0.2) is 70.9 Å². The van der Waals surface area contributed by atoms with Crippen molar-refractivity contribution in [3.8, 4) is 17.2 Å². The number of aromatic amines is 1. The molecule has 3 fully saturated rings. The summed E-state index contributed by atoms with van der Waals surface area (Å²) in [6.45, 7) is 15.9. The Hall–Kier alpha value is -7.61. The number of anilines is 1. The number of phosphoric acid groups is 1. The van der Waals surface area contributed by atoms with E-state index in [0.717, 1.165) is 62.4 Å². The van der Waals surface area contributed by atoms with E-state index in [4.69, 9.17) is 53.3 Å². The summed E-state index contributed by atoms with van der Waals surface area (Å²) in [5.41, 5.74) is -0.111. The highest BCUT2D eigenvalue weighted by molar-refractivity contribution is 7.48. The molecule has 0 spiro atoms. The van der Waals surface area contributed by atoms with Gasteiger partial charge in [-0.15, -0.1) is 0 Å². The fraction of sp³-hybridized carbons (Fsp3) is 0.740. The molecule has 2 aromatic carbocycles. The van der Waals surface area contributed by atoms with Gasteiger partial charge in [0, 0.05) is 69.0 Å². The van der Waals surface area contributed by atoms with Crippen LogP contribution in [0.4, 0.5) is 5.82 Å². The predicted octanol–water partition coefficient (Wildman–Crippen LogP) is 22.2. The number of ether oxygens (including phenoxy) is 7. The molecule has 3 aliphatic rings. The van der Waals surface area contributed by atoms with Crippen LogP contribution >= 0.6 is 7.82 Å². The topological polar surface area (TPSA) is 319 Å². The first-order valence-electron chi connectivity index (χ1n) is 50.2. The zero-order valence-electron chi connectivity index (χ0n) is 79.1. The van der Waals surface area contributed by atoms with Crippen LogP contribution in [-0.4, -0.2) is 178 Å². The van der Waals surface area contributed by atoms with E-state index < -0.39 is 93.7 Å². The Morgan fingerprint density at radius 3 is 1.50 bits per heavy atom. The maximum absolute atomic E-state index is 15.1. The van der Waals surface area contributed by atoms with Crippen molar-refractivity contribution in [1.29, 1.82) is 0 Å². The zero-order chi connectivity index (χ0) is 91.7. The molecule has 3 amide bonds. The third-order valence-corrected chi connectivity index (χ3v) is 26.6. The molecule has 0 bridgehead atoms. The molecule has 28 nitrogen and oxygen atoms in total. The highest BCUT2D eigenvalue weighted by Gasteiger charge is 2.52. The molecule has 8 rings (SSSR count). The minimum absolute atomic E-state index is 0.0932. The van der Waals surface area contributed by atoms with Gasteiger partial charge < -0.3 is 58.2 Å². The number of carbonyl (C=O) groups excluding carboxylic acids is 4. The van der Waals surface area contributed by atoms with Gasteiger partial charge in [0.15, 0.2) is 34.7 Å². The molecule has 6 heterocycles. The largest absolute Gasteiger partial charge is 0.490 e. The molecule has 3 aromatic heterocycles. The number of benzene rings is 2. The molecule has 722 valence electrons. The van der Waals surface area contributed by atoms with E-state index in [-0.39, 0.29) is 86.3 Å². The smallest absolute Gasteiger partial charge is 0.475 e. The van der Waals surface area contributed by atoms with Crippen molar-refractivity contribution in [3.63, 3.8) is 0 Å². The molecule has 3 N–H and O–H groups in total. The van der Waals surface area contributed by atoms with Gasteiger partial charge in [-0.05, 0) is 50.5 Å². The van der Waals surface area contributed by atoms with Gasteiger partial charge in [0.2, 0.25) is 18.2 Å². The van der Waals surface area contributed by atoms with Gasteiger partial charge in [-0.2, -0.15) is 0 Å². The molecule has 129 heavy (non-hydrogen) atoms. The van der Waals surface area contributed by atoms with Crippen molar-refractivity contribution in [1.82, 2.24) is 38.9 Å². The van der Waals surface area contributed by atoms with E-state index in [9.17, 15) is 33.9 Å². The van der Waals surface area contributed by atoms with Crippen molar-refractivity contribution in [3.05, 3.63) is 110 Å². The number of hydrogen-bond donors (Lipinski definition) is 3. The van der Waals surface area contributed by atoms with Gasteiger partial charge in [0.25, 0.3) is 17.4 Å². The number of methoxy groups -OCH3 is 1. The zero-order valence-corrected chi connectivity index (χ0v) is 80.0. The van der Waals surface area contributed by atoms with Crippen LogP contribution in [0.2, 0.25) is 0 Å². The summed E-state index contributed by atoms with van der Waals surface area (Å²) in [5, 5.41) is 13.6. The second kappa shape index (κ2) is 63.5. The van der Waals surface area contributed by atoms with E-state index in [1.165, 1.54) is 288 Å². The van der Waals surface area contributed by atoms with Gasteiger partial charge in [0.1, 0.15) is 49.7 Å². The summed E-state index contributed by atoms with van der Waals surface area (Å²) in [6, 6.07) is 12.1. The first kappa shape index (κ1) is 107. The second-order valence-electron chi connectivity index (χ2n) is 35.6. The number of rotatable bonds is 73. The highest BCUT2D eigenvalue weighted by atomic mass is 31.2. The maximum Gasteiger partial charge on any atom is 0.475 e. The number of aliphatic hydroxyl groups is 1. The molecule has 8 atom stereocenters. The predicted molar refractivity (Wildman–Crippen MR) is 505 cm³/mol. The number of esters is 1. The number of imidazole rings is 1. The number of aromatic nitrogens is 6. The number of nitrogens with zero attached hydrogens (tertiary/aromatic N) is 8. The van der Waals surface area contributed by atoms with Crippen molar-refractivity contribution in [2.45, 2.75) is 398 Å². The van der Waals surface area contributed by atoms with E-state index in [1.807, 2.05) is 12.1 Å². The number of H-pyrrole nitrogens is 1. The van der Waals surface area contributed by atoms with Crippen LogP contribution in [0.1, 0.15) is 387 Å². The lowest BCUT2D eigenvalue weighted by atomic mass is 10.0. The van der Waals surface area contributed by atoms with E-state index in [1.54, 1.807) is 40.1 Å². The fourth-order valence-corrected chi connectivity index (χ4v) is 18.8. The van der Waals surface area contributed by atoms with Crippen LogP contribution in [-0.2, 0) is 46.7 Å². The average Bonchev–Trinajstić information content (AvgIpc) is 1.63. The second-order valence-corrected chi connectivity index (χ2v) is 37.3. The first-order valence-corrected chi connectivity index (χ1v) is 51.6. The monoisotopic (exact) mass is 1820 g/mol. The molecule has 0 aliphatic carbocycles. The summed E-state index contributed by atoms with van der Waals surface area (Å²) in [7, 11) is -3.56. The average molecular weight is 1820 g/mol. The number of fused-ring (bicyclic) bond motifs is 1. The van der Waals surface area contributed by atoms with Gasteiger partial charge in [-0.3, -0.25) is 51.7 Å². The molecular weight excluding hydrogens is 1660 g/mol. The summed E-state index contributed by atoms with van der Waals surface area (Å²) >= 11 is 0. The Bertz CT molecular complexity index is 4110. The van der Waals surface area contributed by atoms with Crippen LogP contribution in [0.3, 0.4) is 0 Å². The maximum atomic E-state index is 15.1. The van der Waals surface area contributed by atoms with Crippen molar-refractivity contribution in [2.24, 2.45) is 0 Å². The SMILES string of the molecule is [C-]#[N+]CCOP(=O)(OC[C@H]1O[C@@H](n2cc(C)c(=O)[nH]c2=O)CC1OC(=O)CCC(=O)N1CCN(C(=O)c2cc(OCCCCCCCCCCCCCCCCCC)c(OCCCCCCCCCCCCCCCCCC)c(OCCCCCCCCCCCCCCCCCC)c2)CC1)OC1[C@@H](CO)O[C@@H](n2cnc3c(NC(=O)c4ccccc4)ncnc32)[C@H]1OC. The Morgan fingerprint density at radius 1 is 0.558 bits per heavy atom. The lowest BCUT2D eigenvalue weighted by molar-refractivity contribution is -0.154. The Balaban J connectivity index is 0.890. The first-order chi connectivity index (χ1) is 63.1. The lowest BCUT2D eigenvalue weighted by Gasteiger charge is -2.35. The third kappa shape index (κ3) is 38.9. The van der Waals surface area contributed by atoms with Gasteiger partial charge in [-0.25, -0.2) is 30.9 Å². The Labute approximate surface area is 769 Å². The summed E-state index contributed by atoms with van der Waals surface area (Å²) in [5.74, 6) is -0.189. The van der Waals surface area contributed by atoms with Gasteiger partial charge >= 0.3 is 19.5 Å². The molecular formula is C100H159N10O18P. The fourth-order valence-electron chi connectivity index (χ4n) is 17.4. The quantitative estimate of drug-likeness (QED) is 0.0141.